The van der Waals surface area contributed by atoms with E-state index >= 15 is 0 Å². The molecule has 0 saturated heterocycles. The third kappa shape index (κ3) is 4.49. The average molecular weight is 267 g/mol. The van der Waals surface area contributed by atoms with E-state index in [1.54, 1.807) is 0 Å². The maximum absolute atomic E-state index is 11.6. The Hall–Kier alpha value is -0.250. The van der Waals surface area contributed by atoms with E-state index in [0.29, 0.717) is 19.6 Å². The van der Waals surface area contributed by atoms with Gasteiger partial charge in [0, 0.05) is 26.3 Å². The molecule has 0 aromatic heterocycles. The maximum atomic E-state index is 11.6. The lowest BCUT2D eigenvalue weighted by Crippen LogP contribution is -2.66. The van der Waals surface area contributed by atoms with Crippen molar-refractivity contribution in [2.75, 3.05) is 26.9 Å². The van der Waals surface area contributed by atoms with Crippen LogP contribution in [0, 0.1) is 0 Å². The minimum atomic E-state index is -3.54. The van der Waals surface area contributed by atoms with Gasteiger partial charge in [-0.05, 0) is 13.3 Å². The molecule has 0 spiro atoms. The van der Waals surface area contributed by atoms with Gasteiger partial charge in [-0.25, -0.2) is 0 Å². The van der Waals surface area contributed by atoms with E-state index in [1.165, 1.54) is 7.11 Å². The van der Waals surface area contributed by atoms with Crippen LogP contribution < -0.4 is 15.2 Å². The van der Waals surface area contributed by atoms with Crippen LogP contribution in [-0.4, -0.2) is 53.5 Å². The Kier molecular flexibility index (Phi) is 5.77. The minimum absolute atomic E-state index is 0.131. The van der Waals surface area contributed by atoms with Gasteiger partial charge in [0.15, 0.2) is 0 Å². The lowest BCUT2D eigenvalue weighted by atomic mass is 9.84. The number of methoxy groups -OCH3 is 1. The molecule has 4 N–H and O–H groups in total. The van der Waals surface area contributed by atoms with Crippen LogP contribution in [0.15, 0.2) is 0 Å². The van der Waals surface area contributed by atoms with Crippen LogP contribution >= 0.6 is 0 Å². The van der Waals surface area contributed by atoms with E-state index in [-0.39, 0.29) is 24.7 Å². The number of ether oxygens (including phenoxy) is 2. The van der Waals surface area contributed by atoms with Crippen LogP contribution in [0.5, 0.6) is 0 Å². The monoisotopic (exact) mass is 267 g/mol. The van der Waals surface area contributed by atoms with Gasteiger partial charge in [0.05, 0.1) is 18.8 Å². The standard InChI is InChI=1S/C9H21N3O4S/c1-3-16-8-6-7(10)9(8)12-17(13,14)11-4-5-15-2/h7-9,11-12H,3-6,10H2,1-2H3. The summed E-state index contributed by atoms with van der Waals surface area (Å²) >= 11 is 0. The van der Waals surface area contributed by atoms with Crippen molar-refractivity contribution in [1.82, 2.24) is 9.44 Å². The highest BCUT2D eigenvalue weighted by Crippen LogP contribution is 2.22. The fraction of sp³-hybridized carbons (Fsp3) is 1.00. The zero-order chi connectivity index (χ0) is 12.9. The Labute approximate surface area is 102 Å². The molecule has 1 fully saturated rings. The highest BCUT2D eigenvalue weighted by Gasteiger charge is 2.41. The summed E-state index contributed by atoms with van der Waals surface area (Å²) in [5.41, 5.74) is 5.75. The number of hydrogen-bond acceptors (Lipinski definition) is 5. The van der Waals surface area contributed by atoms with Gasteiger partial charge in [0.2, 0.25) is 0 Å². The van der Waals surface area contributed by atoms with Gasteiger partial charge in [0.1, 0.15) is 0 Å². The third-order valence-corrected chi connectivity index (χ3v) is 3.80. The molecule has 3 atom stereocenters. The summed E-state index contributed by atoms with van der Waals surface area (Å²) in [4.78, 5) is 0. The normalized spacial score (nSPS) is 29.0. The van der Waals surface area contributed by atoms with Crippen molar-refractivity contribution in [1.29, 1.82) is 0 Å². The van der Waals surface area contributed by atoms with Crippen LogP contribution in [0.4, 0.5) is 0 Å². The zero-order valence-corrected chi connectivity index (χ0v) is 11.0. The van der Waals surface area contributed by atoms with E-state index in [9.17, 15) is 8.42 Å². The van der Waals surface area contributed by atoms with Gasteiger partial charge in [-0.1, -0.05) is 0 Å². The van der Waals surface area contributed by atoms with Crippen LogP contribution in [-0.2, 0) is 19.7 Å². The Morgan fingerprint density at radius 2 is 2.18 bits per heavy atom. The summed E-state index contributed by atoms with van der Waals surface area (Å²) in [6.07, 6.45) is 0.549. The Balaban J connectivity index is 2.40. The SMILES string of the molecule is CCOC1CC(N)C1NS(=O)(=O)NCCOC. The topological polar surface area (TPSA) is 103 Å². The molecule has 7 nitrogen and oxygen atoms in total. The predicted octanol–water partition coefficient (Wildman–Crippen LogP) is -1.44. The second-order valence-corrected chi connectivity index (χ2v) is 5.46. The van der Waals surface area contributed by atoms with Gasteiger partial charge in [-0.3, -0.25) is 0 Å². The van der Waals surface area contributed by atoms with Crippen molar-refractivity contribution < 1.29 is 17.9 Å². The fourth-order valence-electron chi connectivity index (χ4n) is 1.69. The van der Waals surface area contributed by atoms with Crippen molar-refractivity contribution in [3.63, 3.8) is 0 Å². The van der Waals surface area contributed by atoms with Gasteiger partial charge in [-0.2, -0.15) is 17.9 Å². The summed E-state index contributed by atoms with van der Waals surface area (Å²) in [6, 6.07) is -0.541. The molecule has 0 heterocycles. The Bertz CT molecular complexity index is 320. The zero-order valence-electron chi connectivity index (χ0n) is 10.2. The van der Waals surface area contributed by atoms with Gasteiger partial charge >= 0.3 is 0 Å². The molecule has 3 unspecified atom stereocenters. The fourth-order valence-corrected chi connectivity index (χ4v) is 2.81. The molecule has 0 radical (unpaired) electrons. The van der Waals surface area contributed by atoms with Crippen LogP contribution in [0.25, 0.3) is 0 Å². The summed E-state index contributed by atoms with van der Waals surface area (Å²) in [5, 5.41) is 0. The van der Waals surface area contributed by atoms with Gasteiger partial charge < -0.3 is 15.2 Å². The first-order valence-corrected chi connectivity index (χ1v) is 7.11. The molecule has 0 amide bonds. The molecule has 102 valence electrons. The third-order valence-electron chi connectivity index (χ3n) is 2.64. The molecule has 1 aliphatic rings. The molecular weight excluding hydrogens is 246 g/mol. The molecule has 0 bridgehead atoms. The summed E-state index contributed by atoms with van der Waals surface area (Å²) in [5.74, 6) is 0. The van der Waals surface area contributed by atoms with Crippen molar-refractivity contribution in [3.05, 3.63) is 0 Å². The molecule has 17 heavy (non-hydrogen) atoms. The molecule has 1 rings (SSSR count). The molecule has 0 aliphatic heterocycles. The second-order valence-electron chi connectivity index (χ2n) is 3.93. The molecule has 0 aromatic rings. The largest absolute Gasteiger partial charge is 0.383 e. The molecule has 0 aromatic carbocycles. The predicted molar refractivity (Wildman–Crippen MR) is 63.7 cm³/mol. The van der Waals surface area contributed by atoms with Crippen LogP contribution in [0.2, 0.25) is 0 Å². The first-order chi connectivity index (χ1) is 8.00. The van der Waals surface area contributed by atoms with E-state index in [1.807, 2.05) is 6.92 Å². The van der Waals surface area contributed by atoms with Crippen LogP contribution in [0.1, 0.15) is 13.3 Å². The van der Waals surface area contributed by atoms with Crippen molar-refractivity contribution in [2.45, 2.75) is 31.5 Å². The average Bonchev–Trinajstić information content (AvgIpc) is 2.26. The van der Waals surface area contributed by atoms with Crippen molar-refractivity contribution in [2.24, 2.45) is 5.73 Å². The number of rotatable bonds is 8. The first-order valence-electron chi connectivity index (χ1n) is 5.63. The van der Waals surface area contributed by atoms with E-state index in [4.69, 9.17) is 15.2 Å². The number of nitrogens with one attached hydrogen (secondary N) is 2. The summed E-state index contributed by atoms with van der Waals surface area (Å²) in [6.45, 7) is 2.97. The minimum Gasteiger partial charge on any atom is -0.383 e. The number of hydrogen-bond donors (Lipinski definition) is 3. The van der Waals surface area contributed by atoms with Gasteiger partial charge in [0.25, 0.3) is 10.2 Å². The molecule has 1 aliphatic carbocycles. The second kappa shape index (κ2) is 6.62. The molecule has 8 heteroatoms. The summed E-state index contributed by atoms with van der Waals surface area (Å²) in [7, 11) is -2.03. The highest BCUT2D eigenvalue weighted by molar-refractivity contribution is 7.87. The smallest absolute Gasteiger partial charge is 0.277 e. The first kappa shape index (κ1) is 14.8. The quantitative estimate of drug-likeness (QED) is 0.467. The van der Waals surface area contributed by atoms with Crippen LogP contribution in [0.3, 0.4) is 0 Å². The van der Waals surface area contributed by atoms with Crippen molar-refractivity contribution >= 4 is 10.2 Å². The maximum Gasteiger partial charge on any atom is 0.277 e. The Morgan fingerprint density at radius 3 is 2.71 bits per heavy atom. The lowest BCUT2D eigenvalue weighted by molar-refractivity contribution is -0.0249. The molecular formula is C9H21N3O4S. The molecule has 1 saturated carbocycles. The van der Waals surface area contributed by atoms with E-state index < -0.39 is 10.2 Å². The lowest BCUT2D eigenvalue weighted by Gasteiger charge is -2.42. The van der Waals surface area contributed by atoms with E-state index in [0.717, 1.165) is 0 Å². The number of nitrogens with two attached hydrogens (primary N) is 1. The van der Waals surface area contributed by atoms with Crippen molar-refractivity contribution in [3.8, 4) is 0 Å². The van der Waals surface area contributed by atoms with E-state index in [2.05, 4.69) is 9.44 Å². The highest BCUT2D eigenvalue weighted by atomic mass is 32.2. The Morgan fingerprint density at radius 1 is 1.47 bits per heavy atom. The summed E-state index contributed by atoms with van der Waals surface area (Å²) < 4.78 is 38.2. The van der Waals surface area contributed by atoms with Gasteiger partial charge in [-0.15, -0.1) is 0 Å².